The first-order valence-electron chi connectivity index (χ1n) is 4.63. The predicted octanol–water partition coefficient (Wildman–Crippen LogP) is 0.108. The minimum Gasteiger partial charge on any atom is -0.480 e. The molecule has 0 aliphatic rings. The molecule has 1 atom stereocenters. The first kappa shape index (κ1) is 12.1. The van der Waals surface area contributed by atoms with Crippen LogP contribution in [0, 0.1) is 0 Å². The summed E-state index contributed by atoms with van der Waals surface area (Å²) in [5.41, 5.74) is 5.36. The summed E-state index contributed by atoms with van der Waals surface area (Å²) in [5.74, 6) is 1.34. The molecule has 1 aromatic heterocycles. The molecule has 1 heterocycles. The van der Waals surface area contributed by atoms with Gasteiger partial charge in [-0.25, -0.2) is 4.98 Å². The molecule has 15 heavy (non-hydrogen) atoms. The predicted molar refractivity (Wildman–Crippen MR) is 59.8 cm³/mol. The molecule has 0 bridgehead atoms. The summed E-state index contributed by atoms with van der Waals surface area (Å²) in [5, 5.41) is 8.55. The standard InChI is InChI=1S/C9H15N3O2S/c1-12-4-3-11-8(12)2-5-15-6-7(10)9(13)14/h3-4,7H,2,5-6,10H2,1H3,(H,13,14)/t7-/m1/s1. The zero-order valence-electron chi connectivity index (χ0n) is 8.59. The Morgan fingerprint density at radius 2 is 2.53 bits per heavy atom. The Kier molecular flexibility index (Phi) is 4.64. The van der Waals surface area contributed by atoms with Gasteiger partial charge in [-0.1, -0.05) is 0 Å². The van der Waals surface area contributed by atoms with Gasteiger partial charge in [-0.15, -0.1) is 0 Å². The summed E-state index contributed by atoms with van der Waals surface area (Å²) >= 11 is 1.54. The van der Waals surface area contributed by atoms with Crippen LogP contribution in [0.15, 0.2) is 12.4 Å². The molecular weight excluding hydrogens is 214 g/mol. The van der Waals surface area contributed by atoms with E-state index in [0.29, 0.717) is 5.75 Å². The van der Waals surface area contributed by atoms with Gasteiger partial charge in [-0.3, -0.25) is 4.79 Å². The van der Waals surface area contributed by atoms with Crippen molar-refractivity contribution in [3.05, 3.63) is 18.2 Å². The lowest BCUT2D eigenvalue weighted by molar-refractivity contribution is -0.137. The lowest BCUT2D eigenvalue weighted by Crippen LogP contribution is -2.32. The molecule has 0 aliphatic heterocycles. The number of thioether (sulfide) groups is 1. The lowest BCUT2D eigenvalue weighted by atomic mass is 10.4. The smallest absolute Gasteiger partial charge is 0.321 e. The van der Waals surface area contributed by atoms with Crippen molar-refractivity contribution in [2.45, 2.75) is 12.5 Å². The average molecular weight is 229 g/mol. The Hall–Kier alpha value is -1.01. The summed E-state index contributed by atoms with van der Waals surface area (Å²) in [6.45, 7) is 0. The van der Waals surface area contributed by atoms with E-state index < -0.39 is 12.0 Å². The molecule has 0 amide bonds. The molecular formula is C9H15N3O2S. The van der Waals surface area contributed by atoms with Gasteiger partial charge in [0.05, 0.1) is 0 Å². The molecule has 0 saturated carbocycles. The number of aliphatic carboxylic acids is 1. The van der Waals surface area contributed by atoms with Crippen molar-refractivity contribution in [1.82, 2.24) is 9.55 Å². The third kappa shape index (κ3) is 3.93. The molecule has 1 aromatic rings. The van der Waals surface area contributed by atoms with Crippen molar-refractivity contribution in [3.63, 3.8) is 0 Å². The third-order valence-corrected chi connectivity index (χ3v) is 3.09. The quantitative estimate of drug-likeness (QED) is 0.677. The SMILES string of the molecule is Cn1ccnc1CCSC[C@@H](N)C(=O)O. The maximum atomic E-state index is 10.4. The molecule has 0 aliphatic carbocycles. The van der Waals surface area contributed by atoms with E-state index in [0.717, 1.165) is 18.0 Å². The first-order valence-corrected chi connectivity index (χ1v) is 5.79. The van der Waals surface area contributed by atoms with Gasteiger partial charge in [0.2, 0.25) is 0 Å². The van der Waals surface area contributed by atoms with Crippen LogP contribution in [0.5, 0.6) is 0 Å². The molecule has 0 fully saturated rings. The number of nitrogens with zero attached hydrogens (tertiary/aromatic N) is 2. The fourth-order valence-corrected chi connectivity index (χ4v) is 1.97. The van der Waals surface area contributed by atoms with Crippen molar-refractivity contribution < 1.29 is 9.90 Å². The van der Waals surface area contributed by atoms with Gasteiger partial charge < -0.3 is 15.4 Å². The van der Waals surface area contributed by atoms with E-state index in [-0.39, 0.29) is 0 Å². The van der Waals surface area contributed by atoms with E-state index in [1.165, 1.54) is 11.8 Å². The second kappa shape index (κ2) is 5.77. The fourth-order valence-electron chi connectivity index (χ4n) is 1.08. The molecule has 3 N–H and O–H groups in total. The first-order chi connectivity index (χ1) is 7.11. The largest absolute Gasteiger partial charge is 0.480 e. The van der Waals surface area contributed by atoms with Crippen LogP contribution >= 0.6 is 11.8 Å². The van der Waals surface area contributed by atoms with Crippen LogP contribution in [0.25, 0.3) is 0 Å². The van der Waals surface area contributed by atoms with Gasteiger partial charge >= 0.3 is 5.97 Å². The van der Waals surface area contributed by atoms with Crippen LogP contribution in [0.2, 0.25) is 0 Å². The van der Waals surface area contributed by atoms with Crippen LogP contribution < -0.4 is 5.73 Å². The van der Waals surface area contributed by atoms with Gasteiger partial charge in [0.15, 0.2) is 0 Å². The highest BCUT2D eigenvalue weighted by atomic mass is 32.2. The fraction of sp³-hybridized carbons (Fsp3) is 0.556. The highest BCUT2D eigenvalue weighted by Gasteiger charge is 2.10. The van der Waals surface area contributed by atoms with E-state index >= 15 is 0 Å². The molecule has 0 saturated heterocycles. The van der Waals surface area contributed by atoms with Crippen LogP contribution in [-0.2, 0) is 18.3 Å². The third-order valence-electron chi connectivity index (χ3n) is 2.01. The van der Waals surface area contributed by atoms with E-state index in [2.05, 4.69) is 4.98 Å². The zero-order chi connectivity index (χ0) is 11.3. The molecule has 0 aromatic carbocycles. The number of rotatable bonds is 6. The topological polar surface area (TPSA) is 81.1 Å². The average Bonchev–Trinajstić information content (AvgIpc) is 2.58. The van der Waals surface area contributed by atoms with Crippen molar-refractivity contribution in [2.24, 2.45) is 12.8 Å². The number of aryl methyl sites for hydroxylation is 2. The van der Waals surface area contributed by atoms with Crippen molar-refractivity contribution in [3.8, 4) is 0 Å². The number of carboxylic acid groups (broad SMARTS) is 1. The molecule has 6 heteroatoms. The Morgan fingerprint density at radius 1 is 1.80 bits per heavy atom. The number of nitrogens with two attached hydrogens (primary N) is 1. The second-order valence-corrected chi connectivity index (χ2v) is 4.37. The summed E-state index contributed by atoms with van der Waals surface area (Å²) in [7, 11) is 1.94. The van der Waals surface area contributed by atoms with Gasteiger partial charge in [0.1, 0.15) is 11.9 Å². The minimum atomic E-state index is -0.945. The Morgan fingerprint density at radius 3 is 3.07 bits per heavy atom. The monoisotopic (exact) mass is 229 g/mol. The minimum absolute atomic E-state index is 0.444. The summed E-state index contributed by atoms with van der Waals surface area (Å²) in [4.78, 5) is 14.6. The van der Waals surface area contributed by atoms with Gasteiger partial charge in [0, 0.05) is 37.4 Å². The van der Waals surface area contributed by atoms with E-state index in [9.17, 15) is 4.79 Å². The van der Waals surface area contributed by atoms with Crippen molar-refractivity contribution >= 4 is 17.7 Å². The maximum absolute atomic E-state index is 10.4. The number of hydrogen-bond donors (Lipinski definition) is 2. The highest BCUT2D eigenvalue weighted by molar-refractivity contribution is 7.99. The summed E-state index contributed by atoms with van der Waals surface area (Å²) < 4.78 is 1.96. The number of imidazole rings is 1. The number of carboxylic acids is 1. The van der Waals surface area contributed by atoms with Crippen molar-refractivity contribution in [1.29, 1.82) is 0 Å². The van der Waals surface area contributed by atoms with Crippen LogP contribution in [0.4, 0.5) is 0 Å². The molecule has 0 spiro atoms. The Balaban J connectivity index is 2.17. The van der Waals surface area contributed by atoms with Crippen LogP contribution in [0.1, 0.15) is 5.82 Å². The van der Waals surface area contributed by atoms with E-state index in [1.54, 1.807) is 6.20 Å². The summed E-state index contributed by atoms with van der Waals surface area (Å²) in [6.07, 6.45) is 4.48. The van der Waals surface area contributed by atoms with Crippen molar-refractivity contribution in [2.75, 3.05) is 11.5 Å². The molecule has 0 radical (unpaired) electrons. The van der Waals surface area contributed by atoms with Gasteiger partial charge in [-0.05, 0) is 0 Å². The number of hydrogen-bond acceptors (Lipinski definition) is 4. The molecule has 1 rings (SSSR count). The zero-order valence-corrected chi connectivity index (χ0v) is 9.41. The summed E-state index contributed by atoms with van der Waals surface area (Å²) in [6, 6.07) is -0.767. The van der Waals surface area contributed by atoms with Crippen LogP contribution in [-0.4, -0.2) is 38.2 Å². The molecule has 5 nitrogen and oxygen atoms in total. The second-order valence-electron chi connectivity index (χ2n) is 3.22. The molecule has 84 valence electrons. The molecule has 0 unspecified atom stereocenters. The normalized spacial score (nSPS) is 12.7. The number of aromatic nitrogens is 2. The Bertz CT molecular complexity index is 327. The Labute approximate surface area is 92.7 Å². The van der Waals surface area contributed by atoms with E-state index in [1.807, 2.05) is 17.8 Å². The van der Waals surface area contributed by atoms with Gasteiger partial charge in [0.25, 0.3) is 0 Å². The number of carbonyl (C=O) groups is 1. The van der Waals surface area contributed by atoms with Crippen LogP contribution in [0.3, 0.4) is 0 Å². The maximum Gasteiger partial charge on any atom is 0.321 e. The van der Waals surface area contributed by atoms with E-state index in [4.69, 9.17) is 10.8 Å². The lowest BCUT2D eigenvalue weighted by Gasteiger charge is -2.05. The highest BCUT2D eigenvalue weighted by Crippen LogP contribution is 2.06. The van der Waals surface area contributed by atoms with Gasteiger partial charge in [-0.2, -0.15) is 11.8 Å².